The van der Waals surface area contributed by atoms with Gasteiger partial charge in [-0.2, -0.15) is 9.97 Å². The molecule has 2 unspecified atom stereocenters. The molecule has 8 heteroatoms. The molecule has 4 heterocycles. The van der Waals surface area contributed by atoms with Crippen molar-refractivity contribution in [2.24, 2.45) is 0 Å². The maximum atomic E-state index is 16.6. The van der Waals surface area contributed by atoms with Crippen LogP contribution in [0.5, 0.6) is 6.01 Å². The smallest absolute Gasteiger partial charge is 0.319 e. The third kappa shape index (κ3) is 4.39. The third-order valence-corrected chi connectivity index (χ3v) is 9.26. The van der Waals surface area contributed by atoms with Crippen molar-refractivity contribution in [3.63, 3.8) is 0 Å². The molecule has 3 aromatic carbocycles. The quantitative estimate of drug-likeness (QED) is 0.326. The number of halogens is 2. The second kappa shape index (κ2) is 10.2. The zero-order valence-electron chi connectivity index (χ0n) is 23.2. The molecule has 0 bridgehead atoms. The van der Waals surface area contributed by atoms with Gasteiger partial charge in [-0.3, -0.25) is 4.90 Å². The van der Waals surface area contributed by atoms with Crippen LogP contribution in [0.15, 0.2) is 48.5 Å². The van der Waals surface area contributed by atoms with E-state index < -0.39 is 12.0 Å². The molecule has 41 heavy (non-hydrogen) atoms. The first-order valence-electron chi connectivity index (χ1n) is 14.4. The number of terminal acetylenes is 1. The molecule has 3 atom stereocenters. The van der Waals surface area contributed by atoms with E-state index in [-0.39, 0.29) is 29.7 Å². The van der Waals surface area contributed by atoms with Crippen LogP contribution in [0.2, 0.25) is 0 Å². The molecule has 3 aliphatic heterocycles. The minimum Gasteiger partial charge on any atom is -0.461 e. The van der Waals surface area contributed by atoms with E-state index in [0.717, 1.165) is 49.7 Å². The van der Waals surface area contributed by atoms with Gasteiger partial charge in [0.1, 0.15) is 24.1 Å². The molecule has 7 rings (SSSR count). The zero-order chi connectivity index (χ0) is 28.1. The largest absolute Gasteiger partial charge is 0.461 e. The van der Waals surface area contributed by atoms with Gasteiger partial charge < -0.3 is 15.0 Å². The van der Waals surface area contributed by atoms with Crippen molar-refractivity contribution in [1.82, 2.24) is 20.2 Å². The Balaban J connectivity index is 1.35. The topological polar surface area (TPSA) is 53.5 Å². The average Bonchev–Trinajstić information content (AvgIpc) is 3.72. The minimum atomic E-state index is -0.860. The molecule has 0 aliphatic carbocycles. The van der Waals surface area contributed by atoms with Crippen molar-refractivity contribution in [2.75, 3.05) is 44.7 Å². The number of fused-ring (bicyclic) bond motifs is 3. The maximum absolute atomic E-state index is 16.6. The van der Waals surface area contributed by atoms with Crippen LogP contribution < -0.4 is 15.0 Å². The van der Waals surface area contributed by atoms with Crippen molar-refractivity contribution >= 4 is 27.5 Å². The second-order valence-electron chi connectivity index (χ2n) is 11.6. The number of likely N-dealkylation sites (N-methyl/N-ethyl adjacent to an activating group) is 1. The predicted molar refractivity (Wildman–Crippen MR) is 159 cm³/mol. The van der Waals surface area contributed by atoms with Gasteiger partial charge >= 0.3 is 6.01 Å². The van der Waals surface area contributed by atoms with Crippen LogP contribution in [0.25, 0.3) is 32.8 Å². The SMILES string of the molecule is C#Cc1cccc2cccc(-c3ccc4c(N(C)C5CCNC5)nc(OC[C@@]56CCCN5CC(F)C6)nc4c3F)c12. The summed E-state index contributed by atoms with van der Waals surface area (Å²) in [6.45, 7) is 3.32. The molecular weight excluding hydrogens is 520 g/mol. The number of aromatic nitrogens is 2. The van der Waals surface area contributed by atoms with Crippen molar-refractivity contribution < 1.29 is 13.5 Å². The Hall–Kier alpha value is -3.80. The molecule has 3 fully saturated rings. The average molecular weight is 554 g/mol. The lowest BCUT2D eigenvalue weighted by Crippen LogP contribution is -2.43. The summed E-state index contributed by atoms with van der Waals surface area (Å²) in [5, 5.41) is 5.80. The number of alkyl halides is 1. The fraction of sp³-hybridized carbons (Fsp3) is 0.394. The molecule has 0 amide bonds. The van der Waals surface area contributed by atoms with Crippen molar-refractivity contribution in [3.05, 3.63) is 59.9 Å². The minimum absolute atomic E-state index is 0.118. The van der Waals surface area contributed by atoms with Crippen LogP contribution in [0, 0.1) is 18.2 Å². The van der Waals surface area contributed by atoms with Gasteiger partial charge in [0.05, 0.1) is 5.54 Å². The van der Waals surface area contributed by atoms with E-state index in [1.807, 2.05) is 49.5 Å². The fourth-order valence-electron chi connectivity index (χ4n) is 7.14. The standard InChI is InChI=1S/C33H33F2N5O/c1-3-21-7-4-8-22-9-5-10-25(28(21)22)26-11-12-27-30(29(26)35)37-32(38-31(27)39(2)24-13-15-36-18-24)41-20-33-14-6-16-40(33)19-23(34)17-33/h1,4-5,7-12,23-24,36H,6,13-20H2,2H3/t23?,24?,33-/m0/s1. The van der Waals surface area contributed by atoms with Gasteiger partial charge in [0.2, 0.25) is 0 Å². The summed E-state index contributed by atoms with van der Waals surface area (Å²) in [7, 11) is 1.99. The highest BCUT2D eigenvalue weighted by atomic mass is 19.1. The van der Waals surface area contributed by atoms with Crippen LogP contribution >= 0.6 is 0 Å². The number of nitrogens with one attached hydrogen (secondary N) is 1. The van der Waals surface area contributed by atoms with Crippen molar-refractivity contribution in [1.29, 1.82) is 0 Å². The molecular formula is C33H33F2N5O. The summed E-state index contributed by atoms with van der Waals surface area (Å²) in [6, 6.07) is 15.6. The number of rotatable bonds is 6. The van der Waals surface area contributed by atoms with E-state index in [1.54, 1.807) is 6.07 Å². The Morgan fingerprint density at radius 3 is 2.83 bits per heavy atom. The van der Waals surface area contributed by atoms with Crippen LogP contribution in [0.4, 0.5) is 14.6 Å². The van der Waals surface area contributed by atoms with E-state index in [1.165, 1.54) is 0 Å². The van der Waals surface area contributed by atoms with E-state index in [9.17, 15) is 4.39 Å². The summed E-state index contributed by atoms with van der Waals surface area (Å²) in [5.74, 6) is 2.94. The normalized spacial score (nSPS) is 24.1. The Morgan fingerprint density at radius 2 is 2.02 bits per heavy atom. The first-order valence-corrected chi connectivity index (χ1v) is 14.4. The number of benzene rings is 3. The summed E-state index contributed by atoms with van der Waals surface area (Å²) < 4.78 is 37.3. The Labute approximate surface area is 238 Å². The second-order valence-corrected chi connectivity index (χ2v) is 11.6. The van der Waals surface area contributed by atoms with E-state index in [4.69, 9.17) is 16.1 Å². The Morgan fingerprint density at radius 1 is 1.17 bits per heavy atom. The highest BCUT2D eigenvalue weighted by Crippen LogP contribution is 2.41. The lowest BCUT2D eigenvalue weighted by atomic mass is 9.94. The zero-order valence-corrected chi connectivity index (χ0v) is 23.2. The van der Waals surface area contributed by atoms with Crippen LogP contribution in [-0.2, 0) is 0 Å². The molecule has 3 saturated heterocycles. The van der Waals surface area contributed by atoms with E-state index in [2.05, 4.69) is 26.0 Å². The number of hydrogen-bond donors (Lipinski definition) is 1. The summed E-state index contributed by atoms with van der Waals surface area (Å²) >= 11 is 0. The summed E-state index contributed by atoms with van der Waals surface area (Å²) in [5.41, 5.74) is 1.69. The molecule has 6 nitrogen and oxygen atoms in total. The molecule has 0 saturated carbocycles. The van der Waals surface area contributed by atoms with Gasteiger partial charge in [0.25, 0.3) is 0 Å². The number of anilines is 1. The lowest BCUT2D eigenvalue weighted by Gasteiger charge is -2.31. The van der Waals surface area contributed by atoms with Gasteiger partial charge in [-0.1, -0.05) is 42.3 Å². The monoisotopic (exact) mass is 553 g/mol. The predicted octanol–water partition coefficient (Wildman–Crippen LogP) is 5.32. The number of ether oxygens (including phenoxy) is 1. The van der Waals surface area contributed by atoms with Gasteiger partial charge in [-0.25, -0.2) is 8.78 Å². The first-order chi connectivity index (χ1) is 20.0. The lowest BCUT2D eigenvalue weighted by molar-refractivity contribution is 0.107. The summed E-state index contributed by atoms with van der Waals surface area (Å²) in [6.07, 6.45) is 8.26. The van der Waals surface area contributed by atoms with Gasteiger partial charge in [0, 0.05) is 54.5 Å². The van der Waals surface area contributed by atoms with Crippen LogP contribution in [0.1, 0.15) is 31.2 Å². The maximum Gasteiger partial charge on any atom is 0.319 e. The molecule has 1 aromatic heterocycles. The van der Waals surface area contributed by atoms with Crippen molar-refractivity contribution in [3.8, 4) is 29.5 Å². The number of hydrogen-bond acceptors (Lipinski definition) is 6. The molecule has 0 radical (unpaired) electrons. The molecule has 210 valence electrons. The summed E-state index contributed by atoms with van der Waals surface area (Å²) in [4.78, 5) is 13.7. The Bertz CT molecular complexity index is 1680. The van der Waals surface area contributed by atoms with Crippen LogP contribution in [-0.4, -0.2) is 72.5 Å². The van der Waals surface area contributed by atoms with Gasteiger partial charge in [-0.05, 0) is 55.4 Å². The molecule has 4 aromatic rings. The first kappa shape index (κ1) is 26.1. The highest BCUT2D eigenvalue weighted by molar-refractivity contribution is 6.03. The van der Waals surface area contributed by atoms with E-state index >= 15 is 4.39 Å². The van der Waals surface area contributed by atoms with E-state index in [0.29, 0.717) is 40.9 Å². The molecule has 0 spiro atoms. The Kier molecular flexibility index (Phi) is 6.52. The molecule has 3 aliphatic rings. The van der Waals surface area contributed by atoms with Crippen molar-refractivity contribution in [2.45, 2.75) is 43.4 Å². The molecule has 1 N–H and O–H groups in total. The van der Waals surface area contributed by atoms with Gasteiger partial charge in [-0.15, -0.1) is 6.42 Å². The fourth-order valence-corrected chi connectivity index (χ4v) is 7.14. The highest BCUT2D eigenvalue weighted by Gasteiger charge is 2.49. The van der Waals surface area contributed by atoms with Gasteiger partial charge in [0.15, 0.2) is 5.82 Å². The van der Waals surface area contributed by atoms with Crippen LogP contribution in [0.3, 0.4) is 0 Å². The third-order valence-electron chi connectivity index (χ3n) is 9.26. The number of nitrogens with zero attached hydrogens (tertiary/aromatic N) is 4.